The smallest absolute Gasteiger partial charge is 0.122 e. The first-order valence-electron chi connectivity index (χ1n) is 11.1. The average Bonchev–Trinajstić information content (AvgIpc) is 3.20. The van der Waals surface area contributed by atoms with Crippen molar-refractivity contribution in [1.29, 1.82) is 0 Å². The summed E-state index contributed by atoms with van der Waals surface area (Å²) in [7, 11) is 0. The third-order valence-electron chi connectivity index (χ3n) is 5.54. The van der Waals surface area contributed by atoms with Gasteiger partial charge >= 0.3 is 0 Å². The molecule has 2 atom stereocenters. The molecule has 1 aliphatic rings. The molecule has 0 radical (unpaired) electrons. The summed E-state index contributed by atoms with van der Waals surface area (Å²) in [6.07, 6.45) is 6.09. The zero-order valence-corrected chi connectivity index (χ0v) is 18.6. The summed E-state index contributed by atoms with van der Waals surface area (Å²) in [5, 5.41) is 3.69. The molecule has 1 fully saturated rings. The van der Waals surface area contributed by atoms with Gasteiger partial charge in [-0.1, -0.05) is 82.0 Å². The van der Waals surface area contributed by atoms with Crippen molar-refractivity contribution in [3.8, 4) is 5.75 Å². The Morgan fingerprint density at radius 1 is 0.893 bits per heavy atom. The predicted octanol–water partition coefficient (Wildman–Crippen LogP) is 7.11. The maximum atomic E-state index is 5.88. The molecule has 28 heavy (non-hydrogen) atoms. The fourth-order valence-corrected chi connectivity index (χ4v) is 3.46. The van der Waals surface area contributed by atoms with Crippen molar-refractivity contribution in [1.82, 2.24) is 5.32 Å². The maximum absolute atomic E-state index is 5.88. The molecule has 2 aromatic carbocycles. The highest BCUT2D eigenvalue weighted by Gasteiger charge is 2.26. The summed E-state index contributed by atoms with van der Waals surface area (Å²) < 4.78 is 5.88. The van der Waals surface area contributed by atoms with Crippen molar-refractivity contribution in [2.24, 2.45) is 0 Å². The van der Waals surface area contributed by atoms with Crippen LogP contribution in [-0.4, -0.2) is 13.2 Å². The largest absolute Gasteiger partial charge is 0.493 e. The van der Waals surface area contributed by atoms with Crippen LogP contribution >= 0.6 is 0 Å². The van der Waals surface area contributed by atoms with Crippen LogP contribution in [0.5, 0.6) is 5.75 Å². The van der Waals surface area contributed by atoms with Crippen LogP contribution in [0.4, 0.5) is 0 Å². The van der Waals surface area contributed by atoms with Gasteiger partial charge in [0.05, 0.1) is 6.61 Å². The molecule has 1 N–H and O–H groups in total. The van der Waals surface area contributed by atoms with Crippen molar-refractivity contribution in [2.45, 2.75) is 78.7 Å². The van der Waals surface area contributed by atoms with Crippen molar-refractivity contribution < 1.29 is 4.74 Å². The van der Waals surface area contributed by atoms with Gasteiger partial charge in [0.1, 0.15) is 5.75 Å². The van der Waals surface area contributed by atoms with Crippen LogP contribution in [0.25, 0.3) is 0 Å². The minimum atomic E-state index is 0.469. The molecular weight excluding hydrogens is 342 g/mol. The molecule has 2 nitrogen and oxygen atoms in total. The van der Waals surface area contributed by atoms with E-state index in [0.717, 1.165) is 25.3 Å². The predicted molar refractivity (Wildman–Crippen MR) is 121 cm³/mol. The van der Waals surface area contributed by atoms with Crippen LogP contribution in [-0.2, 0) is 0 Å². The maximum Gasteiger partial charge on any atom is 0.122 e. The van der Waals surface area contributed by atoms with Gasteiger partial charge in [0, 0.05) is 12.6 Å². The van der Waals surface area contributed by atoms with Crippen molar-refractivity contribution >= 4 is 0 Å². The fraction of sp³-hybridized carbons (Fsp3) is 0.538. The van der Waals surface area contributed by atoms with E-state index in [9.17, 15) is 0 Å². The highest BCUT2D eigenvalue weighted by atomic mass is 16.5. The van der Waals surface area contributed by atoms with Crippen molar-refractivity contribution in [3.05, 3.63) is 64.7 Å². The molecule has 2 aromatic rings. The van der Waals surface area contributed by atoms with E-state index in [0.29, 0.717) is 12.0 Å². The minimum absolute atomic E-state index is 0.469. The fourth-order valence-electron chi connectivity index (χ4n) is 3.46. The van der Waals surface area contributed by atoms with Crippen molar-refractivity contribution in [3.63, 3.8) is 0 Å². The lowest BCUT2D eigenvalue weighted by Gasteiger charge is -2.14. The van der Waals surface area contributed by atoms with E-state index in [2.05, 4.69) is 82.4 Å². The van der Waals surface area contributed by atoms with Gasteiger partial charge in [0.15, 0.2) is 0 Å². The second kappa shape index (κ2) is 11.9. The Labute approximate surface area is 172 Å². The normalized spacial score (nSPS) is 18.5. The van der Waals surface area contributed by atoms with Crippen LogP contribution in [0.1, 0.15) is 87.1 Å². The second-order valence-corrected chi connectivity index (χ2v) is 8.03. The summed E-state index contributed by atoms with van der Waals surface area (Å²) >= 11 is 0. The standard InChI is InChI=1S/C22H29NO.C4H10/c1-4-5-12-24-22-11-10-19(13-17(22)3)20-14-21(23-15-20)18-8-6-16(2)7-9-18;1-3-4-2/h6-11,13,20-21,23H,4-5,12,14-15H2,1-3H3;3-4H2,1-2H3. The molecule has 3 rings (SSSR count). The molecular formula is C26H39NO. The molecule has 2 unspecified atom stereocenters. The van der Waals surface area contributed by atoms with Crippen LogP contribution in [0, 0.1) is 13.8 Å². The summed E-state index contributed by atoms with van der Waals surface area (Å²) in [5.74, 6) is 1.62. The lowest BCUT2D eigenvalue weighted by atomic mass is 9.92. The monoisotopic (exact) mass is 381 g/mol. The lowest BCUT2D eigenvalue weighted by molar-refractivity contribution is 0.307. The minimum Gasteiger partial charge on any atom is -0.493 e. The number of unbranched alkanes of at least 4 members (excludes halogenated alkanes) is 2. The first-order chi connectivity index (χ1) is 13.6. The van der Waals surface area contributed by atoms with E-state index in [-0.39, 0.29) is 0 Å². The lowest BCUT2D eigenvalue weighted by Crippen LogP contribution is -2.13. The summed E-state index contributed by atoms with van der Waals surface area (Å²) in [6, 6.07) is 16.1. The number of ether oxygens (including phenoxy) is 1. The summed E-state index contributed by atoms with van der Waals surface area (Å²) in [4.78, 5) is 0. The Hall–Kier alpha value is -1.80. The highest BCUT2D eigenvalue weighted by molar-refractivity contribution is 5.38. The quantitative estimate of drug-likeness (QED) is 0.516. The molecule has 1 heterocycles. The Morgan fingerprint density at radius 3 is 2.18 bits per heavy atom. The number of hydrogen-bond acceptors (Lipinski definition) is 2. The van der Waals surface area contributed by atoms with Crippen LogP contribution in [0.2, 0.25) is 0 Å². The number of hydrogen-bond donors (Lipinski definition) is 1. The SMILES string of the molecule is CCCC.CCCCOc1ccc(C2CNC(c3ccc(C)cc3)C2)cc1C. The van der Waals surface area contributed by atoms with E-state index in [4.69, 9.17) is 4.74 Å². The molecule has 0 saturated carbocycles. The average molecular weight is 382 g/mol. The van der Waals surface area contributed by atoms with Gasteiger partial charge < -0.3 is 10.1 Å². The molecule has 1 aliphatic heterocycles. The third-order valence-corrected chi connectivity index (χ3v) is 5.54. The van der Waals surface area contributed by atoms with Gasteiger partial charge in [-0.2, -0.15) is 0 Å². The Morgan fingerprint density at radius 2 is 1.57 bits per heavy atom. The molecule has 0 aliphatic carbocycles. The van der Waals surface area contributed by atoms with Crippen LogP contribution in [0.15, 0.2) is 42.5 Å². The second-order valence-electron chi connectivity index (χ2n) is 8.03. The molecule has 0 bridgehead atoms. The van der Waals surface area contributed by atoms with E-state index in [1.807, 2.05) is 0 Å². The van der Waals surface area contributed by atoms with Gasteiger partial charge in [-0.05, 0) is 55.4 Å². The highest BCUT2D eigenvalue weighted by Crippen LogP contribution is 2.35. The van der Waals surface area contributed by atoms with E-state index in [1.54, 1.807) is 0 Å². The van der Waals surface area contributed by atoms with Gasteiger partial charge in [-0.25, -0.2) is 0 Å². The van der Waals surface area contributed by atoms with Crippen molar-refractivity contribution in [2.75, 3.05) is 13.2 Å². The molecule has 2 heteroatoms. The zero-order chi connectivity index (χ0) is 20.4. The van der Waals surface area contributed by atoms with Gasteiger partial charge in [-0.3, -0.25) is 0 Å². The van der Waals surface area contributed by atoms with E-state index in [1.165, 1.54) is 47.9 Å². The van der Waals surface area contributed by atoms with Crippen LogP contribution < -0.4 is 10.1 Å². The molecule has 0 amide bonds. The molecule has 0 aromatic heterocycles. The Kier molecular flexibility index (Phi) is 9.57. The van der Waals surface area contributed by atoms with Gasteiger partial charge in [0.25, 0.3) is 0 Å². The Bertz CT molecular complexity index is 690. The van der Waals surface area contributed by atoms with E-state index < -0.39 is 0 Å². The first-order valence-corrected chi connectivity index (χ1v) is 11.1. The summed E-state index contributed by atoms with van der Waals surface area (Å²) in [5.41, 5.74) is 5.40. The number of benzene rings is 2. The zero-order valence-electron chi connectivity index (χ0n) is 18.6. The molecule has 1 saturated heterocycles. The molecule has 154 valence electrons. The van der Waals surface area contributed by atoms with E-state index >= 15 is 0 Å². The first kappa shape index (κ1) is 22.5. The topological polar surface area (TPSA) is 21.3 Å². The number of nitrogens with one attached hydrogen (secondary N) is 1. The molecule has 0 spiro atoms. The van der Waals surface area contributed by atoms with Gasteiger partial charge in [-0.15, -0.1) is 0 Å². The van der Waals surface area contributed by atoms with Crippen LogP contribution in [0.3, 0.4) is 0 Å². The third kappa shape index (κ3) is 6.67. The summed E-state index contributed by atoms with van der Waals surface area (Å²) in [6.45, 7) is 12.7. The Balaban J connectivity index is 0.000000640. The number of aryl methyl sites for hydroxylation is 2. The number of rotatable bonds is 7. The van der Waals surface area contributed by atoms with Gasteiger partial charge in [0.2, 0.25) is 0 Å².